The number of anilines is 2. The van der Waals surface area contributed by atoms with Crippen molar-refractivity contribution in [2.45, 2.75) is 17.2 Å². The number of aromatic nitrogens is 1. The summed E-state index contributed by atoms with van der Waals surface area (Å²) in [4.78, 5) is 18.7. The predicted molar refractivity (Wildman–Crippen MR) is 140 cm³/mol. The molecule has 0 atom stereocenters. The Hall–Kier alpha value is -3.61. The maximum atomic E-state index is 13.1. The number of hydrogen-bond acceptors (Lipinski definition) is 10. The highest BCUT2D eigenvalue weighted by molar-refractivity contribution is 7.94. The van der Waals surface area contributed by atoms with Crippen LogP contribution in [0.5, 0.6) is 5.75 Å². The van der Waals surface area contributed by atoms with E-state index in [2.05, 4.69) is 14.6 Å². The van der Waals surface area contributed by atoms with Crippen molar-refractivity contribution in [3.63, 3.8) is 0 Å². The van der Waals surface area contributed by atoms with Gasteiger partial charge >= 0.3 is 0 Å². The summed E-state index contributed by atoms with van der Waals surface area (Å²) >= 11 is 1.01. The maximum absolute atomic E-state index is 13.1. The Bertz CT molecular complexity index is 1500. The van der Waals surface area contributed by atoms with Crippen molar-refractivity contribution in [1.29, 1.82) is 0 Å². The van der Waals surface area contributed by atoms with Gasteiger partial charge < -0.3 is 23.2 Å². The molecule has 1 aliphatic heterocycles. The van der Waals surface area contributed by atoms with E-state index in [4.69, 9.17) is 18.3 Å². The smallest absolute Gasteiger partial charge is 0.289 e. The average molecular weight is 544 g/mol. The molecule has 1 N–H and O–H groups in total. The largest absolute Gasteiger partial charge is 0.492 e. The summed E-state index contributed by atoms with van der Waals surface area (Å²) in [6.07, 6.45) is 8.24. The van der Waals surface area contributed by atoms with Crippen LogP contribution in [-0.2, 0) is 26.0 Å². The first-order valence-electron chi connectivity index (χ1n) is 11.6. The molecule has 0 bridgehead atoms. The van der Waals surface area contributed by atoms with Crippen molar-refractivity contribution in [2.24, 2.45) is 0 Å². The number of aryl methyl sites for hydroxylation is 1. The number of ketones is 1. The standard InChI is InChI=1S/C25H25N3O7S2/c1-32-23-19(7-5-17(29)4-6-18-3-2-11-34-18)21(27-37(30,31)25-26-8-14-36-25)15-20-22(16-35-24(20)23)28-9-12-33-13-10-28/h2-3,5,7-8,11,14-16,27H,4,6,9-10,12-13H2,1H3/b7-5+. The number of ether oxygens (including phenoxy) is 2. The van der Waals surface area contributed by atoms with Gasteiger partial charge in [0, 0.05) is 48.5 Å². The second-order valence-electron chi connectivity index (χ2n) is 8.25. The van der Waals surface area contributed by atoms with E-state index in [1.165, 1.54) is 19.4 Å². The number of sulfonamides is 1. The van der Waals surface area contributed by atoms with Crippen molar-refractivity contribution in [3.8, 4) is 5.75 Å². The van der Waals surface area contributed by atoms with Gasteiger partial charge in [-0.25, -0.2) is 4.98 Å². The van der Waals surface area contributed by atoms with E-state index in [1.807, 2.05) is 6.07 Å². The lowest BCUT2D eigenvalue weighted by atomic mass is 10.1. The van der Waals surface area contributed by atoms with Crippen LogP contribution in [0.2, 0.25) is 0 Å². The van der Waals surface area contributed by atoms with Crippen molar-refractivity contribution in [3.05, 3.63) is 59.7 Å². The molecule has 1 fully saturated rings. The molecule has 37 heavy (non-hydrogen) atoms. The maximum Gasteiger partial charge on any atom is 0.289 e. The lowest BCUT2D eigenvalue weighted by molar-refractivity contribution is -0.114. The molecule has 12 heteroatoms. The highest BCUT2D eigenvalue weighted by Gasteiger charge is 2.25. The molecule has 10 nitrogen and oxygen atoms in total. The summed E-state index contributed by atoms with van der Waals surface area (Å²) in [6, 6.07) is 5.28. The molecule has 0 aliphatic carbocycles. The summed E-state index contributed by atoms with van der Waals surface area (Å²) in [5.74, 6) is 0.869. The number of morpholine rings is 1. The van der Waals surface area contributed by atoms with Gasteiger partial charge in [-0.15, -0.1) is 11.3 Å². The average Bonchev–Trinajstić information content (AvgIpc) is 3.68. The number of carbonyl (C=O) groups excluding carboxylic acids is 1. The molecule has 1 saturated heterocycles. The van der Waals surface area contributed by atoms with Gasteiger partial charge in [-0.05, 0) is 30.4 Å². The summed E-state index contributed by atoms with van der Waals surface area (Å²) < 4.78 is 51.1. The normalized spacial score (nSPS) is 14.5. The quantitative estimate of drug-likeness (QED) is 0.291. The van der Waals surface area contributed by atoms with E-state index in [-0.39, 0.29) is 22.2 Å². The third-order valence-corrected chi connectivity index (χ3v) is 8.48. The number of benzene rings is 1. The third kappa shape index (κ3) is 5.41. The van der Waals surface area contributed by atoms with Crippen LogP contribution in [0.4, 0.5) is 11.4 Å². The molecule has 0 amide bonds. The van der Waals surface area contributed by atoms with Gasteiger partial charge in [0.25, 0.3) is 10.0 Å². The fourth-order valence-electron chi connectivity index (χ4n) is 4.13. The van der Waals surface area contributed by atoms with E-state index in [0.29, 0.717) is 60.8 Å². The van der Waals surface area contributed by atoms with Crippen molar-refractivity contribution >= 4 is 55.6 Å². The van der Waals surface area contributed by atoms with Crippen molar-refractivity contribution in [2.75, 3.05) is 43.0 Å². The van der Waals surface area contributed by atoms with E-state index in [0.717, 1.165) is 17.0 Å². The Morgan fingerprint density at radius 2 is 2.14 bits per heavy atom. The molecule has 1 aliphatic rings. The zero-order valence-corrected chi connectivity index (χ0v) is 21.6. The molecule has 194 valence electrons. The lowest BCUT2D eigenvalue weighted by Crippen LogP contribution is -2.36. The Morgan fingerprint density at radius 1 is 1.30 bits per heavy atom. The predicted octanol–water partition coefficient (Wildman–Crippen LogP) is 4.34. The third-order valence-electron chi connectivity index (χ3n) is 5.91. The number of furan rings is 2. The fourth-order valence-corrected chi connectivity index (χ4v) is 6.04. The molecular weight excluding hydrogens is 518 g/mol. The van der Waals surface area contributed by atoms with E-state index < -0.39 is 10.0 Å². The number of methoxy groups -OCH3 is 1. The summed E-state index contributed by atoms with van der Waals surface area (Å²) in [5.41, 5.74) is 1.86. The molecule has 4 heterocycles. The minimum Gasteiger partial charge on any atom is -0.492 e. The van der Waals surface area contributed by atoms with Gasteiger partial charge in [0.1, 0.15) is 12.0 Å². The number of nitrogens with zero attached hydrogens (tertiary/aromatic N) is 2. The number of carbonyl (C=O) groups is 1. The Labute approximate surface area is 217 Å². The SMILES string of the molecule is COc1c(/C=C/C(=O)CCc2ccco2)c(NS(=O)(=O)c2nccs2)cc2c(N3CCOCC3)coc12. The topological polar surface area (TPSA) is 124 Å². The van der Waals surface area contributed by atoms with Crippen LogP contribution in [0.25, 0.3) is 17.0 Å². The van der Waals surface area contributed by atoms with Crippen LogP contribution in [0, 0.1) is 0 Å². The number of nitrogens with one attached hydrogen (secondary N) is 1. The highest BCUT2D eigenvalue weighted by atomic mass is 32.2. The van der Waals surface area contributed by atoms with Crippen molar-refractivity contribution < 1.29 is 31.5 Å². The van der Waals surface area contributed by atoms with Crippen LogP contribution < -0.4 is 14.4 Å². The zero-order chi connectivity index (χ0) is 25.8. The molecule has 0 spiro atoms. The molecule has 5 rings (SSSR count). The Balaban J connectivity index is 1.55. The van der Waals surface area contributed by atoms with Crippen LogP contribution >= 0.6 is 11.3 Å². The minimum absolute atomic E-state index is 0.0726. The van der Waals surface area contributed by atoms with Crippen molar-refractivity contribution in [1.82, 2.24) is 4.98 Å². The second-order valence-corrected chi connectivity index (χ2v) is 11.0. The van der Waals surface area contributed by atoms with E-state index in [9.17, 15) is 13.2 Å². The zero-order valence-electron chi connectivity index (χ0n) is 20.0. The molecule has 0 saturated carbocycles. The first-order valence-corrected chi connectivity index (χ1v) is 13.9. The minimum atomic E-state index is -3.98. The van der Waals surface area contributed by atoms with Gasteiger partial charge in [0.05, 0.1) is 38.0 Å². The molecule has 1 aromatic carbocycles. The summed E-state index contributed by atoms with van der Waals surface area (Å²) in [5, 5.41) is 2.26. The number of rotatable bonds is 10. The highest BCUT2D eigenvalue weighted by Crippen LogP contribution is 2.42. The van der Waals surface area contributed by atoms with Gasteiger partial charge in [0.15, 0.2) is 17.1 Å². The first-order chi connectivity index (χ1) is 18.0. The molecule has 0 unspecified atom stereocenters. The van der Waals surface area contributed by atoms with E-state index in [1.54, 1.807) is 36.1 Å². The number of fused-ring (bicyclic) bond motifs is 1. The number of thiazole rings is 1. The monoisotopic (exact) mass is 543 g/mol. The summed E-state index contributed by atoms with van der Waals surface area (Å²) in [6.45, 7) is 2.49. The van der Waals surface area contributed by atoms with Crippen LogP contribution in [0.15, 0.2) is 61.6 Å². The fraction of sp³-hybridized carbons (Fsp3) is 0.280. The number of allylic oxidation sites excluding steroid dienone is 1. The molecule has 4 aromatic rings. The van der Waals surface area contributed by atoms with Crippen LogP contribution in [-0.4, -0.2) is 52.6 Å². The molecule has 0 radical (unpaired) electrons. The molecule has 3 aromatic heterocycles. The van der Waals surface area contributed by atoms with Gasteiger partial charge in [-0.3, -0.25) is 9.52 Å². The molecular formula is C25H25N3O7S2. The second kappa shape index (κ2) is 10.8. The Morgan fingerprint density at radius 3 is 2.84 bits per heavy atom. The van der Waals surface area contributed by atoms with Gasteiger partial charge in [-0.2, -0.15) is 8.42 Å². The van der Waals surface area contributed by atoms with Crippen LogP contribution in [0.1, 0.15) is 17.7 Å². The Kier molecular flexibility index (Phi) is 7.31. The first kappa shape index (κ1) is 25.1. The van der Waals surface area contributed by atoms with E-state index >= 15 is 0 Å². The summed E-state index contributed by atoms with van der Waals surface area (Å²) in [7, 11) is -2.51. The van der Waals surface area contributed by atoms with Crippen LogP contribution in [0.3, 0.4) is 0 Å². The lowest BCUT2D eigenvalue weighted by Gasteiger charge is -2.27. The number of hydrogen-bond donors (Lipinski definition) is 1. The van der Waals surface area contributed by atoms with Gasteiger partial charge in [0.2, 0.25) is 4.34 Å². The van der Waals surface area contributed by atoms with Gasteiger partial charge in [-0.1, -0.05) is 0 Å².